The Balaban J connectivity index is 0.899. The maximum absolute atomic E-state index is 12.0. The molecule has 0 amide bonds. The van der Waals surface area contributed by atoms with Crippen LogP contribution in [0.15, 0.2) is 0 Å². The molecule has 5 aliphatic heterocycles. The van der Waals surface area contributed by atoms with E-state index < -0.39 is 111 Å². The third kappa shape index (κ3) is 7.56. The third-order valence-electron chi connectivity index (χ3n) is 18.2. The van der Waals surface area contributed by atoms with E-state index in [-0.39, 0.29) is 23.0 Å². The highest BCUT2D eigenvalue weighted by Gasteiger charge is 2.69. The number of hydrogen-bond donors (Lipinski definition) is 9. The zero-order valence-electron chi connectivity index (χ0n) is 36.8. The van der Waals surface area contributed by atoms with Gasteiger partial charge in [0.1, 0.15) is 67.1 Å². The van der Waals surface area contributed by atoms with Crippen molar-refractivity contribution in [1.82, 2.24) is 0 Å². The highest BCUT2D eigenvalue weighted by atomic mass is 16.8. The van der Waals surface area contributed by atoms with E-state index in [1.165, 1.54) is 19.8 Å². The average Bonchev–Trinajstić information content (AvgIpc) is 3.70. The van der Waals surface area contributed by atoms with E-state index in [1.54, 1.807) is 0 Å². The molecule has 4 aliphatic carbocycles. The number of aliphatic hydroxyl groups excluding tert-OH is 9. The maximum Gasteiger partial charge on any atom is 0.187 e. The minimum Gasteiger partial charge on any atom is -0.394 e. The van der Waals surface area contributed by atoms with E-state index in [9.17, 15) is 46.0 Å². The third-order valence-corrected chi connectivity index (χ3v) is 18.2. The van der Waals surface area contributed by atoms with Gasteiger partial charge in [-0.25, -0.2) is 0 Å². The van der Waals surface area contributed by atoms with Gasteiger partial charge < -0.3 is 83.9 Å². The second kappa shape index (κ2) is 17.4. The Bertz CT molecular complexity index is 1550. The van der Waals surface area contributed by atoms with Crippen molar-refractivity contribution < 1.29 is 83.9 Å². The van der Waals surface area contributed by atoms with Crippen molar-refractivity contribution >= 4 is 0 Å². The summed E-state index contributed by atoms with van der Waals surface area (Å²) in [6, 6.07) is 0. The average molecular weight is 887 g/mol. The number of ether oxygens (including phenoxy) is 8. The molecule has 9 N–H and O–H groups in total. The van der Waals surface area contributed by atoms with Gasteiger partial charge in [0.2, 0.25) is 0 Å². The summed E-state index contributed by atoms with van der Waals surface area (Å²) in [5, 5.41) is 95.8. The van der Waals surface area contributed by atoms with Gasteiger partial charge in [-0.3, -0.25) is 0 Å². The second-order valence-corrected chi connectivity index (χ2v) is 21.5. The molecule has 0 bridgehead atoms. The summed E-state index contributed by atoms with van der Waals surface area (Å²) in [5.41, 5.74) is 0.320. The van der Waals surface area contributed by atoms with E-state index in [1.807, 2.05) is 0 Å². The fourth-order valence-corrected chi connectivity index (χ4v) is 14.6. The number of fused-ring (bicyclic) bond motifs is 7. The molecule has 62 heavy (non-hydrogen) atoms. The molecule has 17 nitrogen and oxygen atoms in total. The van der Waals surface area contributed by atoms with E-state index in [0.29, 0.717) is 47.8 Å². The van der Waals surface area contributed by atoms with Gasteiger partial charge in [-0.1, -0.05) is 27.7 Å². The Labute approximate surface area is 364 Å². The summed E-state index contributed by atoms with van der Waals surface area (Å²) in [6.45, 7) is 10.6. The quantitative estimate of drug-likeness (QED) is 0.149. The van der Waals surface area contributed by atoms with Gasteiger partial charge in [0.15, 0.2) is 24.7 Å². The van der Waals surface area contributed by atoms with Crippen LogP contribution in [0.5, 0.6) is 0 Å². The van der Waals surface area contributed by atoms with Gasteiger partial charge in [-0.15, -0.1) is 0 Å². The van der Waals surface area contributed by atoms with Crippen molar-refractivity contribution in [3.05, 3.63) is 0 Å². The number of hydrogen-bond acceptors (Lipinski definition) is 17. The molecule has 9 rings (SSSR count). The van der Waals surface area contributed by atoms with Crippen LogP contribution in [0, 0.1) is 52.3 Å². The Morgan fingerprint density at radius 1 is 0.581 bits per heavy atom. The zero-order valence-corrected chi connectivity index (χ0v) is 36.8. The van der Waals surface area contributed by atoms with Crippen LogP contribution in [-0.2, 0) is 37.9 Å². The van der Waals surface area contributed by atoms with Crippen LogP contribution in [0.1, 0.15) is 98.8 Å². The van der Waals surface area contributed by atoms with Gasteiger partial charge in [-0.05, 0) is 111 Å². The Hall–Kier alpha value is -0.680. The van der Waals surface area contributed by atoms with Gasteiger partial charge in [0.25, 0.3) is 0 Å². The fourth-order valence-electron chi connectivity index (χ4n) is 14.6. The molecule has 4 saturated carbocycles. The Morgan fingerprint density at radius 2 is 1.24 bits per heavy atom. The summed E-state index contributed by atoms with van der Waals surface area (Å²) in [5.74, 6) is 3.18. The molecule has 9 aliphatic rings. The van der Waals surface area contributed by atoms with Crippen LogP contribution >= 0.6 is 0 Å². The molecule has 27 atom stereocenters. The number of aliphatic hydroxyl groups is 9. The lowest BCUT2D eigenvalue weighted by Gasteiger charge is -2.61. The van der Waals surface area contributed by atoms with Crippen molar-refractivity contribution in [3.63, 3.8) is 0 Å². The highest BCUT2D eigenvalue weighted by Crippen LogP contribution is 2.71. The highest BCUT2D eigenvalue weighted by molar-refractivity contribution is 5.15. The van der Waals surface area contributed by atoms with Crippen molar-refractivity contribution in [2.24, 2.45) is 52.3 Å². The zero-order chi connectivity index (χ0) is 44.2. The normalized spacial score (nSPS) is 58.9. The Morgan fingerprint density at radius 3 is 1.94 bits per heavy atom. The van der Waals surface area contributed by atoms with Crippen LogP contribution in [-0.4, -0.2) is 176 Å². The van der Waals surface area contributed by atoms with Gasteiger partial charge in [0.05, 0.1) is 38.1 Å². The predicted octanol–water partition coefficient (Wildman–Crippen LogP) is 0.294. The molecule has 0 aromatic carbocycles. The largest absolute Gasteiger partial charge is 0.394 e. The lowest BCUT2D eigenvalue weighted by Crippen LogP contribution is -2.67. The maximum atomic E-state index is 12.0. The second-order valence-electron chi connectivity index (χ2n) is 21.5. The molecule has 0 radical (unpaired) electrons. The summed E-state index contributed by atoms with van der Waals surface area (Å²) in [6.07, 6.45) is -12.6. The predicted molar refractivity (Wildman–Crippen MR) is 214 cm³/mol. The molecule has 0 aromatic heterocycles. The number of rotatable bonds is 8. The Kier molecular flexibility index (Phi) is 13.1. The SMILES string of the molecule is CC1C2C(CC3C4CC[C@@H]5C[C@@H](O[C@@H]6O[C@H](CO)[C@H](O[C@@H]7O[C@H](CO)[C@@H](O)[C@H](O)[C@H]7O)[C@H](O)[C@H]6O[C@@H]6O[C@@H](C)[C@H](O)[C@@H](O)[C@H]6O)CC[C@]5(C)C4CC[C@@]32C)OC12CC[C@H](C)CO2. The van der Waals surface area contributed by atoms with E-state index in [2.05, 4.69) is 27.7 Å². The van der Waals surface area contributed by atoms with E-state index >= 15 is 0 Å². The van der Waals surface area contributed by atoms with Crippen LogP contribution in [0.4, 0.5) is 0 Å². The minimum absolute atomic E-state index is 0.103. The molecule has 9 fully saturated rings. The van der Waals surface area contributed by atoms with Crippen LogP contribution < -0.4 is 0 Å². The molecule has 1 spiro atoms. The fraction of sp³-hybridized carbons (Fsp3) is 1.00. The minimum atomic E-state index is -1.81. The summed E-state index contributed by atoms with van der Waals surface area (Å²) in [7, 11) is 0. The lowest BCUT2D eigenvalue weighted by atomic mass is 9.44. The molecule has 17 heteroatoms. The van der Waals surface area contributed by atoms with Crippen molar-refractivity contribution in [2.45, 2.75) is 209 Å². The molecule has 5 saturated heterocycles. The topological polar surface area (TPSA) is 256 Å². The van der Waals surface area contributed by atoms with Crippen molar-refractivity contribution in [3.8, 4) is 0 Å². The first-order valence-corrected chi connectivity index (χ1v) is 23.7. The lowest BCUT2D eigenvalue weighted by molar-refractivity contribution is -0.390. The van der Waals surface area contributed by atoms with Gasteiger partial charge in [0, 0.05) is 12.3 Å². The first-order chi connectivity index (χ1) is 29.4. The first kappa shape index (κ1) is 46.4. The molecular weight excluding hydrogens is 812 g/mol. The standard InChI is InChI=1S/C45H74O17/c1-19-8-13-45(55-18-19)20(2)30-27(62-45)15-26-24-7-6-22-14-23(9-11-43(22,4)25(24)10-12-44(26,30)5)57-42-39(61-40-35(52)33(50)31(48)21(3)56-40)37(54)38(29(17-47)59-42)60-41-36(53)34(51)32(49)28(16-46)58-41/h19-42,46-54H,6-18H2,1-5H3/t19-,20?,21-,22+,23-,24?,25?,26?,27?,28+,29+,30?,31-,32+,33+,34-,35+,36+,37-,38-,39+,40-,41-,42+,43-,44-,45?/m0/s1. The first-order valence-electron chi connectivity index (χ1n) is 23.7. The molecule has 356 valence electrons. The molecule has 5 heterocycles. The molecule has 0 aromatic rings. The summed E-state index contributed by atoms with van der Waals surface area (Å²) < 4.78 is 50.0. The van der Waals surface area contributed by atoms with Crippen LogP contribution in [0.2, 0.25) is 0 Å². The van der Waals surface area contributed by atoms with Crippen molar-refractivity contribution in [1.29, 1.82) is 0 Å². The molecular formula is C45H74O17. The summed E-state index contributed by atoms with van der Waals surface area (Å²) >= 11 is 0. The van der Waals surface area contributed by atoms with Crippen LogP contribution in [0.25, 0.3) is 0 Å². The van der Waals surface area contributed by atoms with E-state index in [4.69, 9.17) is 37.9 Å². The van der Waals surface area contributed by atoms with Gasteiger partial charge >= 0.3 is 0 Å². The molecule has 7 unspecified atom stereocenters. The van der Waals surface area contributed by atoms with Gasteiger partial charge in [-0.2, -0.15) is 0 Å². The van der Waals surface area contributed by atoms with Crippen LogP contribution in [0.3, 0.4) is 0 Å². The monoisotopic (exact) mass is 886 g/mol. The van der Waals surface area contributed by atoms with E-state index in [0.717, 1.165) is 51.6 Å². The van der Waals surface area contributed by atoms with Crippen molar-refractivity contribution in [2.75, 3.05) is 19.8 Å². The summed E-state index contributed by atoms with van der Waals surface area (Å²) in [4.78, 5) is 0. The smallest absolute Gasteiger partial charge is 0.187 e.